The first-order valence-corrected chi connectivity index (χ1v) is 7.44. The Morgan fingerprint density at radius 3 is 2.33 bits per heavy atom. The van der Waals surface area contributed by atoms with Gasteiger partial charge >= 0.3 is 5.69 Å². The standard InChI is InChI=1S/C16H21N5O3/c1-16(2,3)20-15-13(21(22)23)14(18-10-19-15)17-9-11-5-7-12(24-4)8-6-11/h5-8,10H,9H2,1-4H3,(H2,17,18,19,20). The van der Waals surface area contributed by atoms with E-state index in [0.29, 0.717) is 6.54 Å². The average molecular weight is 331 g/mol. The minimum atomic E-state index is -0.482. The number of nitrogens with zero attached hydrogens (tertiary/aromatic N) is 3. The number of ether oxygens (including phenoxy) is 1. The van der Waals surface area contributed by atoms with Crippen molar-refractivity contribution >= 4 is 17.3 Å². The SMILES string of the molecule is COc1ccc(CNc2ncnc(NC(C)(C)C)c2[N+](=O)[O-])cc1. The zero-order valence-electron chi connectivity index (χ0n) is 14.2. The molecule has 0 amide bonds. The van der Waals surface area contributed by atoms with E-state index in [0.717, 1.165) is 11.3 Å². The van der Waals surface area contributed by atoms with Crippen LogP contribution in [0.4, 0.5) is 17.3 Å². The summed E-state index contributed by atoms with van der Waals surface area (Å²) < 4.78 is 5.11. The van der Waals surface area contributed by atoms with E-state index in [1.165, 1.54) is 6.33 Å². The van der Waals surface area contributed by atoms with Gasteiger partial charge in [0.1, 0.15) is 12.1 Å². The fourth-order valence-corrected chi connectivity index (χ4v) is 2.06. The lowest BCUT2D eigenvalue weighted by Gasteiger charge is -2.21. The molecule has 0 radical (unpaired) electrons. The molecule has 0 aliphatic carbocycles. The summed E-state index contributed by atoms with van der Waals surface area (Å²) in [6.45, 7) is 6.12. The van der Waals surface area contributed by atoms with Gasteiger partial charge in [-0.3, -0.25) is 10.1 Å². The van der Waals surface area contributed by atoms with E-state index in [1.807, 2.05) is 45.0 Å². The summed E-state index contributed by atoms with van der Waals surface area (Å²) in [6.07, 6.45) is 1.30. The Balaban J connectivity index is 2.22. The molecule has 8 heteroatoms. The van der Waals surface area contributed by atoms with Gasteiger partial charge in [0.15, 0.2) is 0 Å². The molecule has 0 saturated heterocycles. The molecule has 8 nitrogen and oxygen atoms in total. The van der Waals surface area contributed by atoms with Gasteiger partial charge in [-0.05, 0) is 38.5 Å². The van der Waals surface area contributed by atoms with Gasteiger partial charge < -0.3 is 15.4 Å². The summed E-state index contributed by atoms with van der Waals surface area (Å²) >= 11 is 0. The van der Waals surface area contributed by atoms with Crippen molar-refractivity contribution in [2.45, 2.75) is 32.9 Å². The van der Waals surface area contributed by atoms with Crippen LogP contribution in [0, 0.1) is 10.1 Å². The maximum Gasteiger partial charge on any atom is 0.353 e. The lowest BCUT2D eigenvalue weighted by molar-refractivity contribution is -0.383. The second kappa shape index (κ2) is 7.12. The maximum atomic E-state index is 11.5. The third kappa shape index (κ3) is 4.55. The lowest BCUT2D eigenvalue weighted by atomic mass is 10.1. The van der Waals surface area contributed by atoms with Crippen molar-refractivity contribution in [1.82, 2.24) is 9.97 Å². The van der Waals surface area contributed by atoms with Crippen molar-refractivity contribution in [3.05, 3.63) is 46.3 Å². The van der Waals surface area contributed by atoms with Gasteiger partial charge in [0.05, 0.1) is 12.0 Å². The number of nitro groups is 1. The molecule has 2 rings (SSSR count). The molecule has 0 aliphatic rings. The zero-order chi connectivity index (χ0) is 17.7. The fourth-order valence-electron chi connectivity index (χ4n) is 2.06. The smallest absolute Gasteiger partial charge is 0.353 e. The van der Waals surface area contributed by atoms with Crippen LogP contribution in [0.3, 0.4) is 0 Å². The van der Waals surface area contributed by atoms with E-state index >= 15 is 0 Å². The first-order chi connectivity index (χ1) is 11.3. The summed E-state index contributed by atoms with van der Waals surface area (Å²) in [5, 5.41) is 17.5. The summed E-state index contributed by atoms with van der Waals surface area (Å²) in [5.41, 5.74) is 0.432. The predicted molar refractivity (Wildman–Crippen MR) is 92.4 cm³/mol. The summed E-state index contributed by atoms with van der Waals surface area (Å²) in [5.74, 6) is 1.13. The molecule has 2 aromatic rings. The predicted octanol–water partition coefficient (Wildman–Crippen LogP) is 3.22. The molecule has 24 heavy (non-hydrogen) atoms. The van der Waals surface area contributed by atoms with Crippen molar-refractivity contribution in [3.8, 4) is 5.75 Å². The number of aromatic nitrogens is 2. The monoisotopic (exact) mass is 331 g/mol. The Morgan fingerprint density at radius 1 is 1.17 bits per heavy atom. The highest BCUT2D eigenvalue weighted by molar-refractivity contribution is 5.69. The highest BCUT2D eigenvalue weighted by Crippen LogP contribution is 2.31. The van der Waals surface area contributed by atoms with E-state index in [9.17, 15) is 10.1 Å². The topological polar surface area (TPSA) is 102 Å². The van der Waals surface area contributed by atoms with Gasteiger partial charge in [-0.15, -0.1) is 0 Å². The van der Waals surface area contributed by atoms with Gasteiger partial charge in [-0.1, -0.05) is 12.1 Å². The number of nitrogens with one attached hydrogen (secondary N) is 2. The number of benzene rings is 1. The molecule has 1 aromatic heterocycles. The maximum absolute atomic E-state index is 11.5. The normalized spacial score (nSPS) is 11.0. The quantitative estimate of drug-likeness (QED) is 0.619. The van der Waals surface area contributed by atoms with E-state index in [-0.39, 0.29) is 22.9 Å². The van der Waals surface area contributed by atoms with Crippen LogP contribution in [0.25, 0.3) is 0 Å². The molecule has 128 valence electrons. The second-order valence-corrected chi connectivity index (χ2v) is 6.25. The Morgan fingerprint density at radius 2 is 1.79 bits per heavy atom. The van der Waals surface area contributed by atoms with Gasteiger partial charge in [0, 0.05) is 12.1 Å². The minimum Gasteiger partial charge on any atom is -0.497 e. The lowest BCUT2D eigenvalue weighted by Crippen LogP contribution is -2.27. The van der Waals surface area contributed by atoms with Crippen LogP contribution in [0.2, 0.25) is 0 Å². The molecule has 1 aromatic carbocycles. The van der Waals surface area contributed by atoms with Crippen molar-refractivity contribution in [1.29, 1.82) is 0 Å². The first kappa shape index (κ1) is 17.5. The minimum absolute atomic E-state index is 0.166. The average Bonchev–Trinajstić information content (AvgIpc) is 2.51. The van der Waals surface area contributed by atoms with Gasteiger partial charge in [0.2, 0.25) is 11.6 Å². The zero-order valence-corrected chi connectivity index (χ0v) is 14.2. The van der Waals surface area contributed by atoms with E-state index in [4.69, 9.17) is 4.74 Å². The molecule has 0 atom stereocenters. The molecule has 0 spiro atoms. The Bertz CT molecular complexity index is 711. The molecule has 0 aliphatic heterocycles. The highest BCUT2D eigenvalue weighted by atomic mass is 16.6. The van der Waals surface area contributed by atoms with Gasteiger partial charge in [0.25, 0.3) is 0 Å². The van der Waals surface area contributed by atoms with Crippen molar-refractivity contribution in [3.63, 3.8) is 0 Å². The van der Waals surface area contributed by atoms with Crippen LogP contribution in [-0.4, -0.2) is 27.5 Å². The number of rotatable bonds is 6. The van der Waals surface area contributed by atoms with E-state index in [2.05, 4.69) is 20.6 Å². The van der Waals surface area contributed by atoms with Crippen molar-refractivity contribution in [2.24, 2.45) is 0 Å². The van der Waals surface area contributed by atoms with Gasteiger partial charge in [-0.2, -0.15) is 0 Å². The highest BCUT2D eigenvalue weighted by Gasteiger charge is 2.25. The number of hydrogen-bond acceptors (Lipinski definition) is 7. The third-order valence-corrected chi connectivity index (χ3v) is 3.12. The summed E-state index contributed by atoms with van der Waals surface area (Å²) in [7, 11) is 1.60. The Hall–Kier alpha value is -2.90. The molecule has 0 unspecified atom stereocenters. The van der Waals surface area contributed by atoms with E-state index < -0.39 is 4.92 Å². The first-order valence-electron chi connectivity index (χ1n) is 7.44. The molecule has 0 fully saturated rings. The van der Waals surface area contributed by atoms with E-state index in [1.54, 1.807) is 7.11 Å². The molecule has 0 saturated carbocycles. The van der Waals surface area contributed by atoms with Crippen LogP contribution >= 0.6 is 0 Å². The largest absolute Gasteiger partial charge is 0.497 e. The molecule has 2 N–H and O–H groups in total. The molecular weight excluding hydrogens is 310 g/mol. The van der Waals surface area contributed by atoms with Crippen LogP contribution in [0.15, 0.2) is 30.6 Å². The van der Waals surface area contributed by atoms with Gasteiger partial charge in [-0.25, -0.2) is 9.97 Å². The van der Waals surface area contributed by atoms with Crippen LogP contribution in [0.1, 0.15) is 26.3 Å². The Kier molecular flexibility index (Phi) is 5.18. The summed E-state index contributed by atoms with van der Waals surface area (Å²) in [6, 6.07) is 7.43. The fraction of sp³-hybridized carbons (Fsp3) is 0.375. The van der Waals surface area contributed by atoms with Crippen molar-refractivity contribution < 1.29 is 9.66 Å². The number of hydrogen-bond donors (Lipinski definition) is 2. The second-order valence-electron chi connectivity index (χ2n) is 6.25. The summed E-state index contributed by atoms with van der Waals surface area (Å²) in [4.78, 5) is 19.0. The van der Waals surface area contributed by atoms with Crippen LogP contribution in [-0.2, 0) is 6.54 Å². The molecular formula is C16H21N5O3. The van der Waals surface area contributed by atoms with Crippen LogP contribution in [0.5, 0.6) is 5.75 Å². The van der Waals surface area contributed by atoms with Crippen molar-refractivity contribution in [2.75, 3.05) is 17.7 Å². The molecule has 1 heterocycles. The number of methoxy groups -OCH3 is 1. The third-order valence-electron chi connectivity index (χ3n) is 3.12. The van der Waals surface area contributed by atoms with Crippen LogP contribution < -0.4 is 15.4 Å². The molecule has 0 bridgehead atoms. The Labute approximate surface area is 140 Å². The number of anilines is 2.